The van der Waals surface area contributed by atoms with Crippen LogP contribution >= 0.6 is 11.3 Å². The van der Waals surface area contributed by atoms with E-state index in [2.05, 4.69) is 10.3 Å². The summed E-state index contributed by atoms with van der Waals surface area (Å²) in [4.78, 5) is 30.6. The molecule has 0 saturated carbocycles. The van der Waals surface area contributed by atoms with Crippen molar-refractivity contribution in [1.29, 1.82) is 0 Å². The van der Waals surface area contributed by atoms with Crippen molar-refractivity contribution in [2.75, 3.05) is 11.9 Å². The van der Waals surface area contributed by atoms with E-state index >= 15 is 0 Å². The molecule has 0 fully saturated rings. The Balaban J connectivity index is 1.75. The van der Waals surface area contributed by atoms with Gasteiger partial charge in [-0.05, 0) is 48.7 Å². The normalized spacial score (nSPS) is 11.5. The van der Waals surface area contributed by atoms with Gasteiger partial charge >= 0.3 is 12.1 Å². The molecule has 10 heteroatoms. The minimum absolute atomic E-state index is 0.0272. The summed E-state index contributed by atoms with van der Waals surface area (Å²) in [5.41, 5.74) is 0.286. The number of benzene rings is 1. The number of nitrogens with zero attached hydrogens (tertiary/aromatic N) is 2. The highest BCUT2D eigenvalue weighted by molar-refractivity contribution is 7.13. The predicted octanol–water partition coefficient (Wildman–Crippen LogP) is 5.51. The summed E-state index contributed by atoms with van der Waals surface area (Å²) in [5, 5.41) is 4.34. The van der Waals surface area contributed by atoms with E-state index in [4.69, 9.17) is 4.74 Å². The minimum atomic E-state index is -4.54. The maximum absolute atomic E-state index is 13.0. The average molecular weight is 459 g/mol. The molecule has 0 bridgehead atoms. The molecule has 0 saturated heterocycles. The van der Waals surface area contributed by atoms with Crippen molar-refractivity contribution in [3.05, 3.63) is 77.1 Å². The van der Waals surface area contributed by atoms with Crippen molar-refractivity contribution >= 4 is 34.4 Å². The van der Waals surface area contributed by atoms with Crippen LogP contribution in [0.2, 0.25) is 0 Å². The first kappa shape index (κ1) is 21.6. The van der Waals surface area contributed by atoms with Gasteiger partial charge in [-0.2, -0.15) is 13.2 Å². The molecule has 0 aliphatic carbocycles. The van der Waals surface area contributed by atoms with Gasteiger partial charge in [0.2, 0.25) is 0 Å². The molecule has 6 nitrogen and oxygen atoms in total. The maximum Gasteiger partial charge on any atom is 0.416 e. The van der Waals surface area contributed by atoms with Gasteiger partial charge in [-0.15, -0.1) is 11.3 Å². The summed E-state index contributed by atoms with van der Waals surface area (Å²) >= 11 is 1.47. The second-order valence-corrected chi connectivity index (χ2v) is 7.65. The molecule has 1 aromatic carbocycles. The smallest absolute Gasteiger partial charge is 0.416 e. The maximum atomic E-state index is 13.0. The zero-order chi connectivity index (χ0) is 22.9. The molecule has 0 spiro atoms. The van der Waals surface area contributed by atoms with E-state index in [0.717, 1.165) is 17.0 Å². The number of carbonyl (C=O) groups excluding carboxylic acids is 2. The lowest BCUT2D eigenvalue weighted by Crippen LogP contribution is -2.15. The Labute approximate surface area is 184 Å². The largest absolute Gasteiger partial charge is 0.462 e. The summed E-state index contributed by atoms with van der Waals surface area (Å²) in [7, 11) is 0. The summed E-state index contributed by atoms with van der Waals surface area (Å²) in [6.45, 7) is 1.81. The van der Waals surface area contributed by atoms with Gasteiger partial charge in [0, 0.05) is 5.69 Å². The number of halogens is 3. The second kappa shape index (κ2) is 8.46. The highest BCUT2D eigenvalue weighted by Crippen LogP contribution is 2.31. The third-order valence-electron chi connectivity index (χ3n) is 4.61. The van der Waals surface area contributed by atoms with E-state index in [1.165, 1.54) is 40.3 Å². The fourth-order valence-electron chi connectivity index (χ4n) is 3.17. The highest BCUT2D eigenvalue weighted by Gasteiger charge is 2.30. The number of rotatable bonds is 5. The molecule has 4 rings (SSSR count). The molecule has 0 atom stereocenters. The van der Waals surface area contributed by atoms with Crippen LogP contribution in [0.1, 0.15) is 33.3 Å². The van der Waals surface area contributed by atoms with E-state index in [1.807, 2.05) is 17.5 Å². The number of aromatic nitrogens is 2. The van der Waals surface area contributed by atoms with Crippen LogP contribution in [0, 0.1) is 0 Å². The van der Waals surface area contributed by atoms with Crippen molar-refractivity contribution in [1.82, 2.24) is 9.38 Å². The SMILES string of the molecule is CCOC(=O)c1cc(C(=O)Nc2cccc(C(F)(F)F)c2)n2cnc(-c3cccs3)cc12. The van der Waals surface area contributed by atoms with Crippen molar-refractivity contribution in [3.63, 3.8) is 0 Å². The number of hydrogen-bond acceptors (Lipinski definition) is 5. The van der Waals surface area contributed by atoms with Gasteiger partial charge in [-0.1, -0.05) is 12.1 Å². The Morgan fingerprint density at radius 3 is 2.66 bits per heavy atom. The molecule has 0 unspecified atom stereocenters. The number of esters is 1. The Kier molecular flexibility index (Phi) is 5.70. The van der Waals surface area contributed by atoms with Crippen LogP contribution in [-0.4, -0.2) is 27.9 Å². The lowest BCUT2D eigenvalue weighted by molar-refractivity contribution is -0.137. The Morgan fingerprint density at radius 2 is 1.97 bits per heavy atom. The summed E-state index contributed by atoms with van der Waals surface area (Å²) < 4.78 is 45.5. The number of ether oxygens (including phenoxy) is 1. The first-order valence-corrected chi connectivity index (χ1v) is 10.4. The van der Waals surface area contributed by atoms with Crippen LogP contribution in [0.3, 0.4) is 0 Å². The molecule has 3 heterocycles. The lowest BCUT2D eigenvalue weighted by Gasteiger charge is -2.10. The highest BCUT2D eigenvalue weighted by atomic mass is 32.1. The van der Waals surface area contributed by atoms with Gasteiger partial charge in [-0.25, -0.2) is 9.78 Å². The number of nitrogens with one attached hydrogen (secondary N) is 1. The Morgan fingerprint density at radius 1 is 1.16 bits per heavy atom. The number of carbonyl (C=O) groups is 2. The van der Waals surface area contributed by atoms with Gasteiger partial charge in [0.05, 0.1) is 33.8 Å². The first-order chi connectivity index (χ1) is 15.3. The van der Waals surface area contributed by atoms with Crippen LogP contribution in [0.5, 0.6) is 0 Å². The molecular weight excluding hydrogens is 443 g/mol. The number of alkyl halides is 3. The molecular formula is C22H16F3N3O3S. The van der Waals surface area contributed by atoms with Gasteiger partial charge < -0.3 is 10.1 Å². The van der Waals surface area contributed by atoms with Gasteiger partial charge in [0.15, 0.2) is 0 Å². The van der Waals surface area contributed by atoms with E-state index in [1.54, 1.807) is 13.0 Å². The Hall–Kier alpha value is -3.66. The molecule has 3 aromatic heterocycles. The van der Waals surface area contributed by atoms with Crippen molar-refractivity contribution < 1.29 is 27.5 Å². The monoisotopic (exact) mass is 459 g/mol. The van der Waals surface area contributed by atoms with Crippen molar-refractivity contribution in [3.8, 4) is 10.6 Å². The van der Waals surface area contributed by atoms with E-state index in [9.17, 15) is 22.8 Å². The minimum Gasteiger partial charge on any atom is -0.462 e. The Bertz CT molecular complexity index is 1300. The molecule has 0 aliphatic heterocycles. The summed E-state index contributed by atoms with van der Waals surface area (Å²) in [6.07, 6.45) is -3.14. The zero-order valence-corrected chi connectivity index (χ0v) is 17.5. The summed E-state index contributed by atoms with van der Waals surface area (Å²) in [5.74, 6) is -1.31. The van der Waals surface area contributed by atoms with E-state index in [0.29, 0.717) is 11.2 Å². The van der Waals surface area contributed by atoms with Crippen LogP contribution in [0.15, 0.2) is 60.2 Å². The van der Waals surface area contributed by atoms with Crippen LogP contribution in [0.4, 0.5) is 18.9 Å². The van der Waals surface area contributed by atoms with Gasteiger partial charge in [0.1, 0.15) is 12.0 Å². The average Bonchev–Trinajstić information content (AvgIpc) is 3.41. The first-order valence-electron chi connectivity index (χ1n) is 9.48. The number of thiophene rings is 1. The van der Waals surface area contributed by atoms with E-state index < -0.39 is 23.6 Å². The lowest BCUT2D eigenvalue weighted by atomic mass is 10.2. The number of hydrogen-bond donors (Lipinski definition) is 1. The van der Waals surface area contributed by atoms with Crippen LogP contribution in [-0.2, 0) is 10.9 Å². The zero-order valence-electron chi connectivity index (χ0n) is 16.6. The van der Waals surface area contributed by atoms with Gasteiger partial charge in [-0.3, -0.25) is 9.20 Å². The number of amides is 1. The molecule has 32 heavy (non-hydrogen) atoms. The fraction of sp³-hybridized carbons (Fsp3) is 0.136. The van der Waals surface area contributed by atoms with Crippen LogP contribution in [0.25, 0.3) is 16.1 Å². The number of anilines is 1. The van der Waals surface area contributed by atoms with E-state index in [-0.39, 0.29) is 23.6 Å². The molecule has 1 N–H and O–H groups in total. The molecule has 4 aromatic rings. The number of fused-ring (bicyclic) bond motifs is 1. The standard InChI is InChI=1S/C22H16F3N3O3S/c1-2-31-21(30)15-10-18(20(29)27-14-6-3-5-13(9-14)22(23,24)25)28-12-26-16(11-17(15)28)19-7-4-8-32-19/h3-12H,2H2,1H3,(H,27,29). The third kappa shape index (κ3) is 4.22. The quantitative estimate of drug-likeness (QED) is 0.400. The summed E-state index contributed by atoms with van der Waals surface area (Å²) in [6, 6.07) is 11.1. The molecule has 0 aliphatic rings. The van der Waals surface area contributed by atoms with Crippen LogP contribution < -0.4 is 5.32 Å². The fourth-order valence-corrected chi connectivity index (χ4v) is 3.87. The molecule has 1 amide bonds. The predicted molar refractivity (Wildman–Crippen MR) is 114 cm³/mol. The second-order valence-electron chi connectivity index (χ2n) is 6.70. The van der Waals surface area contributed by atoms with Gasteiger partial charge in [0.25, 0.3) is 5.91 Å². The molecule has 0 radical (unpaired) electrons. The van der Waals surface area contributed by atoms with Crippen molar-refractivity contribution in [2.24, 2.45) is 0 Å². The topological polar surface area (TPSA) is 72.7 Å². The van der Waals surface area contributed by atoms with Crippen molar-refractivity contribution in [2.45, 2.75) is 13.1 Å². The third-order valence-corrected chi connectivity index (χ3v) is 5.50. The molecule has 164 valence electrons.